The van der Waals surface area contributed by atoms with Crippen LogP contribution in [0.3, 0.4) is 0 Å². The maximum atomic E-state index is 12.1. The second-order valence-electron chi connectivity index (χ2n) is 5.55. The number of hydrogen-bond acceptors (Lipinski definition) is 5. The normalized spacial score (nSPS) is 12.8. The van der Waals surface area contributed by atoms with Crippen molar-refractivity contribution in [1.82, 2.24) is 5.32 Å². The van der Waals surface area contributed by atoms with Crippen molar-refractivity contribution in [1.29, 1.82) is 0 Å². The number of carbonyl (C=O) groups is 2. The first kappa shape index (κ1) is 16.8. The van der Waals surface area contributed by atoms with Crippen LogP contribution in [0.1, 0.15) is 22.3 Å². The average molecular weight is 341 g/mol. The van der Waals surface area contributed by atoms with Gasteiger partial charge in [-0.05, 0) is 23.8 Å². The number of fused-ring (bicyclic) bond motifs is 1. The van der Waals surface area contributed by atoms with Gasteiger partial charge in [0.05, 0.1) is 18.8 Å². The molecule has 1 aliphatic heterocycles. The minimum absolute atomic E-state index is 0.320. The van der Waals surface area contributed by atoms with E-state index in [0.29, 0.717) is 36.8 Å². The van der Waals surface area contributed by atoms with Crippen LogP contribution in [-0.4, -0.2) is 31.7 Å². The zero-order valence-electron chi connectivity index (χ0n) is 13.7. The van der Waals surface area contributed by atoms with E-state index < -0.39 is 5.97 Å². The van der Waals surface area contributed by atoms with Crippen LogP contribution in [0.2, 0.25) is 0 Å². The third-order valence-corrected chi connectivity index (χ3v) is 3.65. The average Bonchev–Trinajstić information content (AvgIpc) is 2.90. The molecule has 0 radical (unpaired) electrons. The highest BCUT2D eigenvalue weighted by atomic mass is 16.5. The summed E-state index contributed by atoms with van der Waals surface area (Å²) in [6.45, 7) is 1.17. The molecule has 0 saturated heterocycles. The second-order valence-corrected chi connectivity index (χ2v) is 5.55. The number of ether oxygens (including phenoxy) is 3. The number of benzene rings is 2. The van der Waals surface area contributed by atoms with Crippen LogP contribution in [-0.2, 0) is 16.1 Å². The summed E-state index contributed by atoms with van der Waals surface area (Å²) in [4.78, 5) is 23.9. The Kier molecular flexibility index (Phi) is 5.51. The van der Waals surface area contributed by atoms with E-state index in [0.717, 1.165) is 12.0 Å². The molecule has 0 atom stereocenters. The monoisotopic (exact) mass is 341 g/mol. The molecule has 130 valence electrons. The molecule has 0 bridgehead atoms. The quantitative estimate of drug-likeness (QED) is 0.845. The summed E-state index contributed by atoms with van der Waals surface area (Å²) >= 11 is 0. The molecule has 1 amide bonds. The molecule has 0 fully saturated rings. The molecule has 1 aliphatic rings. The van der Waals surface area contributed by atoms with Gasteiger partial charge in [-0.3, -0.25) is 4.79 Å². The van der Waals surface area contributed by atoms with Crippen LogP contribution < -0.4 is 14.8 Å². The SMILES string of the molecule is O=C(COC(=O)c1ccc2c(c1)OCCCO2)NCc1ccccc1. The van der Waals surface area contributed by atoms with E-state index in [9.17, 15) is 9.59 Å². The summed E-state index contributed by atoms with van der Waals surface area (Å²) < 4.78 is 16.1. The van der Waals surface area contributed by atoms with Crippen LogP contribution in [0.5, 0.6) is 11.5 Å². The van der Waals surface area contributed by atoms with E-state index in [-0.39, 0.29) is 12.5 Å². The van der Waals surface area contributed by atoms with Gasteiger partial charge in [-0.15, -0.1) is 0 Å². The molecule has 1 N–H and O–H groups in total. The second kappa shape index (κ2) is 8.19. The van der Waals surface area contributed by atoms with Crippen molar-refractivity contribution in [3.05, 3.63) is 59.7 Å². The Bertz CT molecular complexity index is 745. The van der Waals surface area contributed by atoms with Crippen molar-refractivity contribution in [2.75, 3.05) is 19.8 Å². The van der Waals surface area contributed by atoms with Crippen molar-refractivity contribution in [3.63, 3.8) is 0 Å². The van der Waals surface area contributed by atoms with Gasteiger partial charge in [-0.25, -0.2) is 4.79 Å². The summed E-state index contributed by atoms with van der Waals surface area (Å²) in [5.41, 5.74) is 1.30. The fraction of sp³-hybridized carbons (Fsp3) is 0.263. The van der Waals surface area contributed by atoms with E-state index >= 15 is 0 Å². The zero-order chi connectivity index (χ0) is 17.5. The largest absolute Gasteiger partial charge is 0.490 e. The van der Waals surface area contributed by atoms with Gasteiger partial charge in [0.1, 0.15) is 0 Å². The zero-order valence-corrected chi connectivity index (χ0v) is 13.7. The summed E-state index contributed by atoms with van der Waals surface area (Å²) in [5.74, 6) is 0.187. The van der Waals surface area contributed by atoms with Gasteiger partial charge in [-0.1, -0.05) is 30.3 Å². The van der Waals surface area contributed by atoms with Gasteiger partial charge in [-0.2, -0.15) is 0 Å². The highest BCUT2D eigenvalue weighted by molar-refractivity contribution is 5.92. The van der Waals surface area contributed by atoms with Crippen LogP contribution in [0, 0.1) is 0 Å². The van der Waals surface area contributed by atoms with Crippen LogP contribution in [0.15, 0.2) is 48.5 Å². The topological polar surface area (TPSA) is 73.9 Å². The van der Waals surface area contributed by atoms with E-state index in [1.807, 2.05) is 30.3 Å². The van der Waals surface area contributed by atoms with Crippen molar-refractivity contribution < 1.29 is 23.8 Å². The molecule has 6 heteroatoms. The Morgan fingerprint density at radius 3 is 2.56 bits per heavy atom. The summed E-state index contributed by atoms with van der Waals surface area (Å²) in [6, 6.07) is 14.4. The molecule has 0 saturated carbocycles. The molecule has 3 rings (SSSR count). The van der Waals surface area contributed by atoms with Crippen molar-refractivity contribution in [2.24, 2.45) is 0 Å². The van der Waals surface area contributed by atoms with Gasteiger partial charge < -0.3 is 19.5 Å². The number of hydrogen-bond donors (Lipinski definition) is 1. The van der Waals surface area contributed by atoms with Gasteiger partial charge in [0.15, 0.2) is 18.1 Å². The molecule has 1 heterocycles. The van der Waals surface area contributed by atoms with Crippen LogP contribution in [0.4, 0.5) is 0 Å². The predicted octanol–water partition coefficient (Wildman–Crippen LogP) is 2.32. The molecule has 25 heavy (non-hydrogen) atoms. The number of nitrogens with one attached hydrogen (secondary N) is 1. The highest BCUT2D eigenvalue weighted by Crippen LogP contribution is 2.30. The molecule has 0 unspecified atom stereocenters. The lowest BCUT2D eigenvalue weighted by molar-refractivity contribution is -0.124. The highest BCUT2D eigenvalue weighted by Gasteiger charge is 2.16. The number of rotatable bonds is 5. The van der Waals surface area contributed by atoms with E-state index in [4.69, 9.17) is 14.2 Å². The fourth-order valence-electron chi connectivity index (χ4n) is 2.35. The summed E-state index contributed by atoms with van der Waals surface area (Å²) in [7, 11) is 0. The first-order chi connectivity index (χ1) is 12.2. The third-order valence-electron chi connectivity index (χ3n) is 3.65. The Labute approximate surface area is 145 Å². The smallest absolute Gasteiger partial charge is 0.338 e. The Hall–Kier alpha value is -3.02. The Morgan fingerprint density at radius 1 is 1.00 bits per heavy atom. The van der Waals surface area contributed by atoms with Gasteiger partial charge in [0, 0.05) is 13.0 Å². The number of amides is 1. The predicted molar refractivity (Wildman–Crippen MR) is 90.6 cm³/mol. The fourth-order valence-corrected chi connectivity index (χ4v) is 2.35. The number of carbonyl (C=O) groups excluding carboxylic acids is 2. The van der Waals surface area contributed by atoms with Crippen LogP contribution in [0.25, 0.3) is 0 Å². The molecule has 2 aromatic rings. The number of esters is 1. The minimum Gasteiger partial charge on any atom is -0.490 e. The maximum absolute atomic E-state index is 12.1. The molecule has 6 nitrogen and oxygen atoms in total. The van der Waals surface area contributed by atoms with Crippen molar-refractivity contribution >= 4 is 11.9 Å². The van der Waals surface area contributed by atoms with Crippen molar-refractivity contribution in [3.8, 4) is 11.5 Å². The van der Waals surface area contributed by atoms with Gasteiger partial charge >= 0.3 is 5.97 Å². The molecule has 0 aliphatic carbocycles. The summed E-state index contributed by atoms with van der Waals surface area (Å²) in [5, 5.41) is 2.70. The molecule has 2 aromatic carbocycles. The molecular weight excluding hydrogens is 322 g/mol. The first-order valence-corrected chi connectivity index (χ1v) is 8.10. The Morgan fingerprint density at radius 2 is 1.76 bits per heavy atom. The Balaban J connectivity index is 1.50. The lowest BCUT2D eigenvalue weighted by atomic mass is 10.2. The lowest BCUT2D eigenvalue weighted by Crippen LogP contribution is -2.28. The summed E-state index contributed by atoms with van der Waals surface area (Å²) in [6.07, 6.45) is 0.788. The first-order valence-electron chi connectivity index (χ1n) is 8.10. The van der Waals surface area contributed by atoms with E-state index in [1.54, 1.807) is 18.2 Å². The molecule has 0 aromatic heterocycles. The van der Waals surface area contributed by atoms with Gasteiger partial charge in [0.2, 0.25) is 0 Å². The molecule has 0 spiro atoms. The van der Waals surface area contributed by atoms with Crippen molar-refractivity contribution in [2.45, 2.75) is 13.0 Å². The third kappa shape index (κ3) is 4.73. The standard InChI is InChI=1S/C19H19NO5/c21-18(20-12-14-5-2-1-3-6-14)13-25-19(22)15-7-8-16-17(11-15)24-10-4-9-23-16/h1-3,5-8,11H,4,9-10,12-13H2,(H,20,21). The van der Waals surface area contributed by atoms with Crippen LogP contribution >= 0.6 is 0 Å². The van der Waals surface area contributed by atoms with E-state index in [2.05, 4.69) is 5.32 Å². The minimum atomic E-state index is -0.578. The van der Waals surface area contributed by atoms with Gasteiger partial charge in [0.25, 0.3) is 5.91 Å². The lowest BCUT2D eigenvalue weighted by Gasteiger charge is -2.10. The molecular formula is C19H19NO5. The maximum Gasteiger partial charge on any atom is 0.338 e. The van der Waals surface area contributed by atoms with E-state index in [1.165, 1.54) is 0 Å².